The first-order chi connectivity index (χ1) is 18.7. The van der Waals surface area contributed by atoms with Crippen LogP contribution in [0, 0.1) is 17.6 Å². The molecule has 1 atom stereocenters. The second-order valence-electron chi connectivity index (χ2n) is 8.72. The van der Waals surface area contributed by atoms with E-state index >= 15 is 0 Å². The fourth-order valence-electron chi connectivity index (χ4n) is 4.54. The SMILES string of the molecule is O=C(Nc1cc2c(c(F)nn2CC(F)F)c2c1C(c1cc(F)ccc1Cl)NC2=O)c1cc(F)cc(C(F)(F)F)c1. The molecule has 5 rings (SSSR count). The Balaban J connectivity index is 1.73. The van der Waals surface area contributed by atoms with Crippen molar-refractivity contribution in [1.82, 2.24) is 15.1 Å². The number of nitrogens with one attached hydrogen (secondary N) is 2. The summed E-state index contributed by atoms with van der Waals surface area (Å²) >= 11 is 6.21. The Labute approximate surface area is 223 Å². The summed E-state index contributed by atoms with van der Waals surface area (Å²) in [7, 11) is 0. The minimum absolute atomic E-state index is 0.0332. The van der Waals surface area contributed by atoms with Crippen LogP contribution in [0.25, 0.3) is 10.9 Å². The van der Waals surface area contributed by atoms with E-state index in [0.717, 1.165) is 18.2 Å². The minimum atomic E-state index is -4.99. The molecule has 1 aromatic heterocycles. The van der Waals surface area contributed by atoms with Crippen molar-refractivity contribution in [1.29, 1.82) is 0 Å². The molecule has 2 amide bonds. The lowest BCUT2D eigenvalue weighted by Crippen LogP contribution is -2.21. The molecule has 1 unspecified atom stereocenters. The first-order valence-electron chi connectivity index (χ1n) is 11.2. The van der Waals surface area contributed by atoms with Gasteiger partial charge in [0.15, 0.2) is 0 Å². The molecule has 0 aliphatic carbocycles. The van der Waals surface area contributed by atoms with Crippen LogP contribution >= 0.6 is 11.6 Å². The topological polar surface area (TPSA) is 76.0 Å². The van der Waals surface area contributed by atoms with Crippen LogP contribution in [0.5, 0.6) is 0 Å². The molecule has 3 aromatic carbocycles. The van der Waals surface area contributed by atoms with Crippen LogP contribution in [0.3, 0.4) is 0 Å². The number of amides is 2. The molecule has 0 radical (unpaired) electrons. The van der Waals surface area contributed by atoms with Gasteiger partial charge in [0, 0.05) is 27.4 Å². The number of alkyl halides is 5. The number of hydrogen-bond acceptors (Lipinski definition) is 3. The average Bonchev–Trinajstić information content (AvgIpc) is 3.35. The summed E-state index contributed by atoms with van der Waals surface area (Å²) in [6.45, 7) is -1.10. The number of rotatable bonds is 5. The van der Waals surface area contributed by atoms with Crippen molar-refractivity contribution in [3.63, 3.8) is 0 Å². The van der Waals surface area contributed by atoms with Crippen molar-refractivity contribution in [3.8, 4) is 0 Å². The van der Waals surface area contributed by atoms with Crippen molar-refractivity contribution in [3.05, 3.63) is 92.9 Å². The van der Waals surface area contributed by atoms with Gasteiger partial charge in [0.05, 0.1) is 28.1 Å². The molecule has 2 N–H and O–H groups in total. The van der Waals surface area contributed by atoms with Gasteiger partial charge in [0.1, 0.15) is 18.2 Å². The standard InChI is InChI=1S/C25H13ClF8N4O2/c26-14-2-1-11(27)6-13(14)21-18-15(35-23(39)9-3-10(25(32,33)34)5-12(28)4-9)7-16-19(20(18)24(40)36-21)22(31)37-38(16)8-17(29)30/h1-7,17,21H,8H2,(H,35,39)(H,36,40). The van der Waals surface area contributed by atoms with Gasteiger partial charge in [-0.05, 0) is 42.5 Å². The van der Waals surface area contributed by atoms with Gasteiger partial charge in [-0.1, -0.05) is 11.6 Å². The smallest absolute Gasteiger partial charge is 0.341 e. The van der Waals surface area contributed by atoms with Crippen molar-refractivity contribution >= 4 is 40.0 Å². The highest BCUT2D eigenvalue weighted by Gasteiger charge is 2.38. The zero-order valence-corrected chi connectivity index (χ0v) is 20.3. The number of fused-ring (bicyclic) bond motifs is 3. The van der Waals surface area contributed by atoms with Crippen LogP contribution < -0.4 is 10.6 Å². The molecule has 208 valence electrons. The van der Waals surface area contributed by atoms with Gasteiger partial charge in [-0.3, -0.25) is 14.3 Å². The molecule has 0 spiro atoms. The molecule has 0 saturated heterocycles. The molecule has 0 saturated carbocycles. The van der Waals surface area contributed by atoms with Crippen LogP contribution in [0.1, 0.15) is 43.4 Å². The summed E-state index contributed by atoms with van der Waals surface area (Å²) in [4.78, 5) is 26.1. The van der Waals surface area contributed by atoms with Crippen LogP contribution in [0.15, 0.2) is 42.5 Å². The first kappa shape index (κ1) is 27.4. The van der Waals surface area contributed by atoms with Crippen molar-refractivity contribution in [2.75, 3.05) is 5.32 Å². The van der Waals surface area contributed by atoms with Gasteiger partial charge in [-0.2, -0.15) is 17.6 Å². The Morgan fingerprint density at radius 3 is 2.48 bits per heavy atom. The molecule has 2 heterocycles. The number of hydrogen-bond donors (Lipinski definition) is 2. The van der Waals surface area contributed by atoms with Gasteiger partial charge in [-0.15, -0.1) is 5.10 Å². The van der Waals surface area contributed by atoms with Gasteiger partial charge >= 0.3 is 6.18 Å². The number of anilines is 1. The second kappa shape index (κ2) is 9.77. The normalized spacial score (nSPS) is 15.1. The number of carbonyl (C=O) groups is 2. The molecule has 0 fully saturated rings. The summed E-state index contributed by atoms with van der Waals surface area (Å²) < 4.78 is 110. The van der Waals surface area contributed by atoms with E-state index in [9.17, 15) is 44.7 Å². The summed E-state index contributed by atoms with van der Waals surface area (Å²) in [5, 5.41) is 7.58. The van der Waals surface area contributed by atoms with Crippen LogP contribution in [0.4, 0.5) is 40.8 Å². The Bertz CT molecular complexity index is 1700. The number of halogens is 9. The van der Waals surface area contributed by atoms with Crippen LogP contribution in [0.2, 0.25) is 5.02 Å². The summed E-state index contributed by atoms with van der Waals surface area (Å²) in [5.74, 6) is -5.69. The molecule has 4 aromatic rings. The zero-order chi connectivity index (χ0) is 29.1. The lowest BCUT2D eigenvalue weighted by atomic mass is 9.94. The van der Waals surface area contributed by atoms with E-state index in [-0.39, 0.29) is 33.4 Å². The van der Waals surface area contributed by atoms with E-state index in [1.165, 1.54) is 6.07 Å². The fraction of sp³-hybridized carbons (Fsp3) is 0.160. The van der Waals surface area contributed by atoms with E-state index in [1.807, 2.05) is 0 Å². The molecular weight excluding hydrogens is 576 g/mol. The van der Waals surface area contributed by atoms with Crippen molar-refractivity contribution < 1.29 is 44.7 Å². The third-order valence-corrected chi connectivity index (χ3v) is 6.49. The van der Waals surface area contributed by atoms with Crippen LogP contribution in [-0.4, -0.2) is 28.0 Å². The zero-order valence-electron chi connectivity index (χ0n) is 19.5. The molecule has 0 bridgehead atoms. The second-order valence-corrected chi connectivity index (χ2v) is 9.13. The number of aromatic nitrogens is 2. The van der Waals surface area contributed by atoms with Crippen molar-refractivity contribution in [2.45, 2.75) is 25.2 Å². The van der Waals surface area contributed by atoms with E-state index in [4.69, 9.17) is 11.6 Å². The average molecular weight is 589 g/mol. The third-order valence-electron chi connectivity index (χ3n) is 6.15. The Hall–Kier alpha value is -4.20. The maximum absolute atomic E-state index is 14.9. The molecule has 1 aliphatic heterocycles. The Morgan fingerprint density at radius 1 is 1.07 bits per heavy atom. The van der Waals surface area contributed by atoms with Gasteiger partial charge in [0.2, 0.25) is 5.95 Å². The van der Waals surface area contributed by atoms with Crippen molar-refractivity contribution in [2.24, 2.45) is 0 Å². The molecule has 1 aliphatic rings. The van der Waals surface area contributed by atoms with E-state index in [1.54, 1.807) is 0 Å². The molecule has 40 heavy (non-hydrogen) atoms. The van der Waals surface area contributed by atoms with E-state index in [0.29, 0.717) is 16.8 Å². The quantitative estimate of drug-likeness (QED) is 0.262. The summed E-state index contributed by atoms with van der Waals surface area (Å²) in [5.41, 5.74) is -3.63. The monoisotopic (exact) mass is 588 g/mol. The highest BCUT2D eigenvalue weighted by atomic mass is 35.5. The lowest BCUT2D eigenvalue weighted by molar-refractivity contribution is -0.137. The molecule has 15 heteroatoms. The maximum Gasteiger partial charge on any atom is 0.416 e. The van der Waals surface area contributed by atoms with E-state index < -0.39 is 76.7 Å². The van der Waals surface area contributed by atoms with Gasteiger partial charge in [0.25, 0.3) is 18.2 Å². The predicted molar refractivity (Wildman–Crippen MR) is 126 cm³/mol. The summed E-state index contributed by atoms with van der Waals surface area (Å²) in [6, 6.07) is 3.88. The predicted octanol–water partition coefficient (Wildman–Crippen LogP) is 6.48. The molecule has 6 nitrogen and oxygen atoms in total. The Kier molecular flexibility index (Phi) is 6.68. The van der Waals surface area contributed by atoms with E-state index in [2.05, 4.69) is 15.7 Å². The highest BCUT2D eigenvalue weighted by Crippen LogP contribution is 2.43. The van der Waals surface area contributed by atoms with Gasteiger partial charge in [-0.25, -0.2) is 17.6 Å². The highest BCUT2D eigenvalue weighted by molar-refractivity contribution is 6.31. The van der Waals surface area contributed by atoms with Gasteiger partial charge < -0.3 is 10.6 Å². The molecular formula is C25H13ClF8N4O2. The summed E-state index contributed by atoms with van der Waals surface area (Å²) in [6.07, 6.45) is -8.00. The first-order valence-corrected chi connectivity index (χ1v) is 11.6. The fourth-order valence-corrected chi connectivity index (χ4v) is 4.77. The number of nitrogens with zero attached hydrogens (tertiary/aromatic N) is 2. The number of benzene rings is 3. The number of carbonyl (C=O) groups excluding carboxylic acids is 2. The Morgan fingerprint density at radius 2 is 1.80 bits per heavy atom. The lowest BCUT2D eigenvalue weighted by Gasteiger charge is -2.19. The third kappa shape index (κ3) is 4.83. The maximum atomic E-state index is 14.9. The van der Waals surface area contributed by atoms with Crippen LogP contribution in [-0.2, 0) is 12.7 Å². The minimum Gasteiger partial charge on any atom is -0.341 e. The largest absolute Gasteiger partial charge is 0.416 e.